The third-order valence-electron chi connectivity index (χ3n) is 5.73. The lowest BCUT2D eigenvalue weighted by Crippen LogP contribution is -2.53. The van der Waals surface area contributed by atoms with Crippen LogP contribution in [-0.4, -0.2) is 53.6 Å². The number of benzene rings is 2. The number of hydrogen-bond acceptors (Lipinski definition) is 7. The van der Waals surface area contributed by atoms with Gasteiger partial charge in [-0.2, -0.15) is 4.98 Å². The summed E-state index contributed by atoms with van der Waals surface area (Å²) >= 11 is 0. The zero-order chi connectivity index (χ0) is 24.4. The molecule has 0 bridgehead atoms. The average Bonchev–Trinajstić information content (AvgIpc) is 2.82. The fourth-order valence-electron chi connectivity index (χ4n) is 3.81. The molecule has 34 heavy (non-hydrogen) atoms. The molecule has 3 aromatic rings. The lowest BCUT2D eigenvalue weighted by atomic mass is 10.1. The van der Waals surface area contributed by atoms with Crippen LogP contribution in [0.25, 0.3) is 0 Å². The van der Waals surface area contributed by atoms with Crippen LogP contribution < -0.4 is 20.4 Å². The molecular formula is C24H25FN6O3. The Morgan fingerprint density at radius 1 is 1.09 bits per heavy atom. The fourth-order valence-corrected chi connectivity index (χ4v) is 3.81. The maximum atomic E-state index is 13.0. The molecule has 3 N–H and O–H groups in total. The number of anilines is 4. The van der Waals surface area contributed by atoms with Crippen molar-refractivity contribution < 1.29 is 19.1 Å². The highest BCUT2D eigenvalue weighted by atomic mass is 19.1. The van der Waals surface area contributed by atoms with E-state index in [1.165, 1.54) is 29.2 Å². The molecule has 1 aromatic heterocycles. The van der Waals surface area contributed by atoms with Gasteiger partial charge in [0, 0.05) is 31.9 Å². The summed E-state index contributed by atoms with van der Waals surface area (Å²) in [5.41, 5.74) is 3.18. The van der Waals surface area contributed by atoms with E-state index in [0.29, 0.717) is 40.9 Å². The van der Waals surface area contributed by atoms with Gasteiger partial charge < -0.3 is 25.5 Å². The van der Waals surface area contributed by atoms with Crippen LogP contribution >= 0.6 is 0 Å². The van der Waals surface area contributed by atoms with Gasteiger partial charge in [0.1, 0.15) is 17.5 Å². The Bertz CT molecular complexity index is 1220. The predicted octanol–water partition coefficient (Wildman–Crippen LogP) is 2.56. The van der Waals surface area contributed by atoms with Gasteiger partial charge in [0.25, 0.3) is 11.8 Å². The van der Waals surface area contributed by atoms with Crippen molar-refractivity contribution in [3.05, 3.63) is 71.2 Å². The quantitative estimate of drug-likeness (QED) is 0.514. The molecule has 0 saturated carbocycles. The van der Waals surface area contributed by atoms with E-state index in [1.54, 1.807) is 38.1 Å². The standard InChI is InChI=1S/C24H25FN6O3/c1-14-20-21(30(2)19(13-32)23(34)31(20)3)29-24(27-14)26-12-15-4-10-18(11-5-15)28-22(33)16-6-8-17(25)9-7-16/h4-11,19,32H,12-13H2,1-3H3,(H,28,33)(H,26,27,29). The van der Waals surface area contributed by atoms with E-state index in [0.717, 1.165) is 5.56 Å². The summed E-state index contributed by atoms with van der Waals surface area (Å²) in [6.07, 6.45) is 0. The van der Waals surface area contributed by atoms with Crippen LogP contribution in [0.4, 0.5) is 27.5 Å². The first-order valence-corrected chi connectivity index (χ1v) is 10.7. The number of amides is 2. The van der Waals surface area contributed by atoms with Crippen LogP contribution in [0.2, 0.25) is 0 Å². The molecule has 1 atom stereocenters. The van der Waals surface area contributed by atoms with Crippen molar-refractivity contribution in [1.82, 2.24) is 9.97 Å². The first-order valence-electron chi connectivity index (χ1n) is 10.7. The molecule has 2 amide bonds. The van der Waals surface area contributed by atoms with Crippen LogP contribution in [0.3, 0.4) is 0 Å². The number of nitrogens with zero attached hydrogens (tertiary/aromatic N) is 4. The second-order valence-electron chi connectivity index (χ2n) is 8.02. The smallest absolute Gasteiger partial charge is 0.255 e. The summed E-state index contributed by atoms with van der Waals surface area (Å²) in [5.74, 6) is 0.0344. The van der Waals surface area contributed by atoms with E-state index in [9.17, 15) is 19.1 Å². The van der Waals surface area contributed by atoms with Crippen molar-refractivity contribution in [1.29, 1.82) is 0 Å². The van der Waals surface area contributed by atoms with Crippen LogP contribution in [-0.2, 0) is 11.3 Å². The molecule has 4 rings (SSSR count). The molecule has 0 radical (unpaired) electrons. The molecule has 1 unspecified atom stereocenters. The van der Waals surface area contributed by atoms with Gasteiger partial charge in [-0.3, -0.25) is 9.59 Å². The van der Waals surface area contributed by atoms with Crippen molar-refractivity contribution in [3.63, 3.8) is 0 Å². The largest absolute Gasteiger partial charge is 0.394 e. The Kier molecular flexibility index (Phi) is 6.42. The molecule has 0 aliphatic carbocycles. The van der Waals surface area contributed by atoms with E-state index < -0.39 is 11.9 Å². The molecule has 9 nitrogen and oxygen atoms in total. The van der Waals surface area contributed by atoms with Crippen molar-refractivity contribution in [2.24, 2.45) is 0 Å². The summed E-state index contributed by atoms with van der Waals surface area (Å²) < 4.78 is 13.0. The van der Waals surface area contributed by atoms with Crippen molar-refractivity contribution in [3.8, 4) is 0 Å². The minimum atomic E-state index is -0.697. The number of nitrogens with one attached hydrogen (secondary N) is 2. The molecule has 1 aliphatic rings. The highest BCUT2D eigenvalue weighted by Gasteiger charge is 2.36. The summed E-state index contributed by atoms with van der Waals surface area (Å²) in [5, 5.41) is 15.6. The summed E-state index contributed by atoms with van der Waals surface area (Å²) in [7, 11) is 3.37. The monoisotopic (exact) mass is 464 g/mol. The number of halogens is 1. The van der Waals surface area contributed by atoms with E-state index in [2.05, 4.69) is 20.6 Å². The summed E-state index contributed by atoms with van der Waals surface area (Å²) in [6.45, 7) is 1.93. The molecule has 10 heteroatoms. The SMILES string of the molecule is Cc1nc(NCc2ccc(NC(=O)c3ccc(F)cc3)cc2)nc2c1N(C)C(=O)C(CO)N2C. The average molecular weight is 465 g/mol. The van der Waals surface area contributed by atoms with Gasteiger partial charge in [0.2, 0.25) is 5.95 Å². The van der Waals surface area contributed by atoms with Gasteiger partial charge >= 0.3 is 0 Å². The van der Waals surface area contributed by atoms with E-state index in [1.807, 2.05) is 12.1 Å². The molecule has 0 fully saturated rings. The fraction of sp³-hybridized carbons (Fsp3) is 0.250. The van der Waals surface area contributed by atoms with Crippen LogP contribution in [0.15, 0.2) is 48.5 Å². The second kappa shape index (κ2) is 9.44. The number of aliphatic hydroxyl groups is 1. The first kappa shape index (κ1) is 23.1. The third kappa shape index (κ3) is 4.53. The maximum absolute atomic E-state index is 13.0. The molecule has 2 heterocycles. The summed E-state index contributed by atoms with van der Waals surface area (Å²) in [6, 6.07) is 11.9. The number of carbonyl (C=O) groups is 2. The van der Waals surface area contributed by atoms with Crippen LogP contribution in [0, 0.1) is 12.7 Å². The van der Waals surface area contributed by atoms with Crippen LogP contribution in [0.1, 0.15) is 21.6 Å². The van der Waals surface area contributed by atoms with Gasteiger partial charge in [-0.05, 0) is 48.9 Å². The molecular weight excluding hydrogens is 439 g/mol. The molecule has 176 valence electrons. The van der Waals surface area contributed by atoms with Gasteiger partial charge in [0.15, 0.2) is 5.82 Å². The molecule has 0 spiro atoms. The van der Waals surface area contributed by atoms with E-state index in [4.69, 9.17) is 0 Å². The first-order chi connectivity index (χ1) is 16.3. The van der Waals surface area contributed by atoms with Crippen molar-refractivity contribution >= 4 is 35.0 Å². The second-order valence-corrected chi connectivity index (χ2v) is 8.02. The minimum absolute atomic E-state index is 0.212. The zero-order valence-electron chi connectivity index (χ0n) is 19.0. The van der Waals surface area contributed by atoms with E-state index in [-0.39, 0.29) is 18.4 Å². The lowest BCUT2D eigenvalue weighted by Gasteiger charge is -2.38. The Morgan fingerprint density at radius 2 is 1.76 bits per heavy atom. The normalized spacial score (nSPS) is 15.2. The molecule has 2 aromatic carbocycles. The van der Waals surface area contributed by atoms with Gasteiger partial charge in [-0.25, -0.2) is 9.37 Å². The molecule has 1 aliphatic heterocycles. The highest BCUT2D eigenvalue weighted by molar-refractivity contribution is 6.05. The topological polar surface area (TPSA) is 111 Å². The molecule has 0 saturated heterocycles. The van der Waals surface area contributed by atoms with Crippen molar-refractivity contribution in [2.75, 3.05) is 41.1 Å². The van der Waals surface area contributed by atoms with Crippen molar-refractivity contribution in [2.45, 2.75) is 19.5 Å². The lowest BCUT2D eigenvalue weighted by molar-refractivity contribution is -0.120. The number of likely N-dealkylation sites (N-methyl/N-ethyl adjacent to an activating group) is 2. The summed E-state index contributed by atoms with van der Waals surface area (Å²) in [4.78, 5) is 36.9. The number of hydrogen-bond donors (Lipinski definition) is 3. The zero-order valence-corrected chi connectivity index (χ0v) is 19.0. The van der Waals surface area contributed by atoms with Gasteiger partial charge in [0.05, 0.1) is 12.3 Å². The maximum Gasteiger partial charge on any atom is 0.255 e. The highest BCUT2D eigenvalue weighted by Crippen LogP contribution is 2.35. The Morgan fingerprint density at radius 3 is 2.41 bits per heavy atom. The number of carbonyl (C=O) groups excluding carboxylic acids is 2. The number of aryl methyl sites for hydroxylation is 1. The Balaban J connectivity index is 1.43. The Hall–Kier alpha value is -4.05. The number of aromatic nitrogens is 2. The van der Waals surface area contributed by atoms with Gasteiger partial charge in [-0.1, -0.05) is 12.1 Å². The van der Waals surface area contributed by atoms with Crippen LogP contribution in [0.5, 0.6) is 0 Å². The predicted molar refractivity (Wildman–Crippen MR) is 128 cm³/mol. The number of rotatable bonds is 6. The number of fused-ring (bicyclic) bond motifs is 1. The van der Waals surface area contributed by atoms with Gasteiger partial charge in [-0.15, -0.1) is 0 Å². The van der Waals surface area contributed by atoms with E-state index >= 15 is 0 Å². The number of aliphatic hydroxyl groups excluding tert-OH is 1. The third-order valence-corrected chi connectivity index (χ3v) is 5.73. The minimum Gasteiger partial charge on any atom is -0.394 e. The Labute approximate surface area is 196 Å².